The molecule has 1 aromatic heterocycles. The quantitative estimate of drug-likeness (QED) is 0.666. The van der Waals surface area contributed by atoms with E-state index in [0.29, 0.717) is 0 Å². The highest BCUT2D eigenvalue weighted by atomic mass is 79.9. The fraction of sp³-hybridized carbons (Fsp3) is 0.583. The Kier molecular flexibility index (Phi) is 5.22. The second-order valence-electron chi connectivity index (χ2n) is 4.08. The molecule has 1 fully saturated rings. The van der Waals surface area contributed by atoms with Gasteiger partial charge in [0.2, 0.25) is 0 Å². The summed E-state index contributed by atoms with van der Waals surface area (Å²) in [6, 6.07) is 5.90. The smallest absolute Gasteiger partial charge is 0.127 e. The van der Waals surface area contributed by atoms with Gasteiger partial charge in [0, 0.05) is 19.6 Å². The third-order valence-corrected chi connectivity index (χ3v) is 3.22. The lowest BCUT2D eigenvalue weighted by molar-refractivity contribution is 0.0378. The van der Waals surface area contributed by atoms with Gasteiger partial charge in [-0.3, -0.25) is 4.90 Å². The van der Waals surface area contributed by atoms with Gasteiger partial charge in [-0.1, -0.05) is 6.07 Å². The molecule has 0 radical (unpaired) electrons. The van der Waals surface area contributed by atoms with E-state index in [0.717, 1.165) is 56.2 Å². The lowest BCUT2D eigenvalue weighted by atomic mass is 10.3. The maximum atomic E-state index is 5.32. The number of aromatic nitrogens is 1. The molecule has 1 N–H and O–H groups in total. The standard InChI is InChI=1S/C12H18BrN3O/c13-11-3-1-4-12(15-11)14-5-2-6-16-7-9-17-10-8-16/h1,3-4H,2,5-10H2,(H,14,15). The topological polar surface area (TPSA) is 37.4 Å². The molecule has 1 aliphatic heterocycles. The van der Waals surface area contributed by atoms with Gasteiger partial charge in [-0.2, -0.15) is 0 Å². The van der Waals surface area contributed by atoms with Gasteiger partial charge < -0.3 is 10.1 Å². The first-order valence-corrected chi connectivity index (χ1v) is 6.80. The summed E-state index contributed by atoms with van der Waals surface area (Å²) >= 11 is 3.36. The van der Waals surface area contributed by atoms with Gasteiger partial charge in [-0.05, 0) is 41.0 Å². The molecule has 0 amide bonds. The van der Waals surface area contributed by atoms with Gasteiger partial charge in [0.25, 0.3) is 0 Å². The number of anilines is 1. The van der Waals surface area contributed by atoms with Crippen molar-refractivity contribution < 1.29 is 4.74 Å². The molecule has 0 unspecified atom stereocenters. The summed E-state index contributed by atoms with van der Waals surface area (Å²) in [5.74, 6) is 0.932. The zero-order valence-corrected chi connectivity index (χ0v) is 11.4. The predicted molar refractivity (Wildman–Crippen MR) is 72.3 cm³/mol. The highest BCUT2D eigenvalue weighted by molar-refractivity contribution is 9.10. The molecule has 0 bridgehead atoms. The fourth-order valence-corrected chi connectivity index (χ4v) is 2.19. The first-order valence-electron chi connectivity index (χ1n) is 6.01. The van der Waals surface area contributed by atoms with Gasteiger partial charge in [0.05, 0.1) is 13.2 Å². The lowest BCUT2D eigenvalue weighted by Gasteiger charge is -2.26. The summed E-state index contributed by atoms with van der Waals surface area (Å²) in [6.45, 7) is 5.97. The Hall–Kier alpha value is -0.650. The molecule has 2 heterocycles. The molecule has 1 aliphatic rings. The van der Waals surface area contributed by atoms with Crippen molar-refractivity contribution >= 4 is 21.7 Å². The van der Waals surface area contributed by atoms with E-state index in [1.54, 1.807) is 0 Å². The highest BCUT2D eigenvalue weighted by Crippen LogP contribution is 2.09. The Bertz CT molecular complexity index is 342. The van der Waals surface area contributed by atoms with Crippen molar-refractivity contribution in [1.29, 1.82) is 0 Å². The summed E-state index contributed by atoms with van der Waals surface area (Å²) in [5, 5.41) is 3.33. The minimum atomic E-state index is 0.871. The van der Waals surface area contributed by atoms with Crippen LogP contribution in [0.5, 0.6) is 0 Å². The lowest BCUT2D eigenvalue weighted by Crippen LogP contribution is -2.37. The summed E-state index contributed by atoms with van der Waals surface area (Å²) < 4.78 is 6.19. The van der Waals surface area contributed by atoms with Gasteiger partial charge in [-0.25, -0.2) is 4.98 Å². The molecular weight excluding hydrogens is 282 g/mol. The number of nitrogens with zero attached hydrogens (tertiary/aromatic N) is 2. The first kappa shape index (κ1) is 12.8. The molecular formula is C12H18BrN3O. The van der Waals surface area contributed by atoms with Crippen molar-refractivity contribution in [3.63, 3.8) is 0 Å². The number of hydrogen-bond acceptors (Lipinski definition) is 4. The summed E-state index contributed by atoms with van der Waals surface area (Å²) in [6.07, 6.45) is 1.13. The fourth-order valence-electron chi connectivity index (χ4n) is 1.85. The van der Waals surface area contributed by atoms with Gasteiger partial charge in [0.1, 0.15) is 10.4 Å². The minimum absolute atomic E-state index is 0.871. The summed E-state index contributed by atoms with van der Waals surface area (Å²) in [5.41, 5.74) is 0. The van der Waals surface area contributed by atoms with Crippen molar-refractivity contribution in [1.82, 2.24) is 9.88 Å². The van der Waals surface area contributed by atoms with Crippen molar-refractivity contribution in [2.75, 3.05) is 44.7 Å². The van der Waals surface area contributed by atoms with Crippen molar-refractivity contribution in [3.8, 4) is 0 Å². The normalized spacial score (nSPS) is 17.0. The second-order valence-corrected chi connectivity index (χ2v) is 4.89. The number of pyridine rings is 1. The average Bonchev–Trinajstić information content (AvgIpc) is 2.36. The van der Waals surface area contributed by atoms with E-state index < -0.39 is 0 Å². The van der Waals surface area contributed by atoms with E-state index >= 15 is 0 Å². The van der Waals surface area contributed by atoms with E-state index in [4.69, 9.17) is 4.74 Å². The Balaban J connectivity index is 1.62. The molecule has 5 heteroatoms. The Morgan fingerprint density at radius 2 is 2.18 bits per heavy atom. The summed E-state index contributed by atoms with van der Waals surface area (Å²) in [4.78, 5) is 6.77. The van der Waals surface area contributed by atoms with E-state index in [9.17, 15) is 0 Å². The monoisotopic (exact) mass is 299 g/mol. The molecule has 0 saturated carbocycles. The van der Waals surface area contributed by atoms with Crippen LogP contribution in [0, 0.1) is 0 Å². The summed E-state index contributed by atoms with van der Waals surface area (Å²) in [7, 11) is 0. The molecule has 2 rings (SSSR count). The van der Waals surface area contributed by atoms with Crippen molar-refractivity contribution in [2.24, 2.45) is 0 Å². The van der Waals surface area contributed by atoms with Crippen LogP contribution in [-0.4, -0.2) is 49.3 Å². The predicted octanol–water partition coefficient (Wildman–Crippen LogP) is 1.98. The SMILES string of the molecule is Brc1cccc(NCCCN2CCOCC2)n1. The number of nitrogens with one attached hydrogen (secondary N) is 1. The van der Waals surface area contributed by atoms with Crippen LogP contribution in [0.25, 0.3) is 0 Å². The molecule has 17 heavy (non-hydrogen) atoms. The second kappa shape index (κ2) is 6.93. The Morgan fingerprint density at radius 1 is 1.35 bits per heavy atom. The molecule has 94 valence electrons. The Morgan fingerprint density at radius 3 is 2.94 bits per heavy atom. The van der Waals surface area contributed by atoms with Gasteiger partial charge in [-0.15, -0.1) is 0 Å². The van der Waals surface area contributed by atoms with Crippen LogP contribution in [0.3, 0.4) is 0 Å². The van der Waals surface area contributed by atoms with Crippen LogP contribution in [-0.2, 0) is 4.74 Å². The van der Waals surface area contributed by atoms with E-state index in [1.807, 2.05) is 18.2 Å². The molecule has 0 spiro atoms. The van der Waals surface area contributed by atoms with Crippen LogP contribution in [0.15, 0.2) is 22.8 Å². The number of morpholine rings is 1. The van der Waals surface area contributed by atoms with Crippen molar-refractivity contribution in [3.05, 3.63) is 22.8 Å². The number of rotatable bonds is 5. The van der Waals surface area contributed by atoms with Gasteiger partial charge >= 0.3 is 0 Å². The first-order chi connectivity index (χ1) is 8.34. The molecule has 0 atom stereocenters. The zero-order chi connectivity index (χ0) is 11.9. The Labute approximate surface area is 110 Å². The van der Waals surface area contributed by atoms with Crippen LogP contribution in [0.1, 0.15) is 6.42 Å². The van der Waals surface area contributed by atoms with Crippen LogP contribution in [0.2, 0.25) is 0 Å². The molecule has 1 saturated heterocycles. The van der Waals surface area contributed by atoms with Gasteiger partial charge in [0.15, 0.2) is 0 Å². The maximum Gasteiger partial charge on any atom is 0.127 e. The van der Waals surface area contributed by atoms with Crippen molar-refractivity contribution in [2.45, 2.75) is 6.42 Å². The number of ether oxygens (including phenoxy) is 1. The number of hydrogen-bond donors (Lipinski definition) is 1. The molecule has 0 aromatic carbocycles. The average molecular weight is 300 g/mol. The van der Waals surface area contributed by atoms with E-state index in [1.165, 1.54) is 0 Å². The molecule has 0 aliphatic carbocycles. The highest BCUT2D eigenvalue weighted by Gasteiger charge is 2.08. The minimum Gasteiger partial charge on any atom is -0.379 e. The largest absolute Gasteiger partial charge is 0.379 e. The van der Waals surface area contributed by atoms with E-state index in [-0.39, 0.29) is 0 Å². The zero-order valence-electron chi connectivity index (χ0n) is 9.86. The third-order valence-electron chi connectivity index (χ3n) is 2.78. The maximum absolute atomic E-state index is 5.32. The third kappa shape index (κ3) is 4.61. The van der Waals surface area contributed by atoms with Crippen LogP contribution < -0.4 is 5.32 Å². The number of halogens is 1. The van der Waals surface area contributed by atoms with Crippen LogP contribution >= 0.6 is 15.9 Å². The molecule has 4 nitrogen and oxygen atoms in total. The van der Waals surface area contributed by atoms with E-state index in [2.05, 4.69) is 31.1 Å². The molecule has 1 aromatic rings. The van der Waals surface area contributed by atoms with Crippen LogP contribution in [0.4, 0.5) is 5.82 Å².